The van der Waals surface area contributed by atoms with Crippen LogP contribution in [0.15, 0.2) is 102 Å². The average Bonchev–Trinajstić information content (AvgIpc) is 1.67. The molecule has 4 aromatic carbocycles. The number of carbonyl (C=O) groups excluding carboxylic acids is 3. The van der Waals surface area contributed by atoms with Crippen LogP contribution in [0.2, 0.25) is 0 Å². The molecule has 0 bridgehead atoms. The number of rotatable bonds is 15. The fourth-order valence-corrected chi connectivity index (χ4v) is 12.5. The van der Waals surface area contributed by atoms with Crippen molar-refractivity contribution in [3.8, 4) is 33.8 Å². The number of hydrogen-bond acceptors (Lipinski definition) is 17. The third kappa shape index (κ3) is 19.5. The maximum atomic E-state index is 13.8. The first-order valence-electron chi connectivity index (χ1n) is 34.3. The lowest BCUT2D eigenvalue weighted by Crippen LogP contribution is -2.30. The molecule has 0 aliphatic rings. The van der Waals surface area contributed by atoms with E-state index in [0.717, 1.165) is 57.3 Å². The van der Waals surface area contributed by atoms with E-state index in [1.807, 2.05) is 83.1 Å². The van der Waals surface area contributed by atoms with Crippen LogP contribution in [-0.2, 0) is 25.4 Å². The van der Waals surface area contributed by atoms with Crippen LogP contribution < -0.4 is 5.46 Å². The summed E-state index contributed by atoms with van der Waals surface area (Å²) in [5, 5.41) is 43.5. The molecule has 8 aromatic heterocycles. The summed E-state index contributed by atoms with van der Waals surface area (Å²) in [5.74, 6) is -7.94. The Hall–Kier alpha value is -10.9. The van der Waals surface area contributed by atoms with Crippen molar-refractivity contribution in [1.29, 1.82) is 0 Å². The van der Waals surface area contributed by atoms with Gasteiger partial charge in [0.25, 0.3) is 0 Å². The smallest absolute Gasteiger partial charge is 0.478 e. The van der Waals surface area contributed by atoms with Crippen LogP contribution in [-0.4, -0.2) is 123 Å². The summed E-state index contributed by atoms with van der Waals surface area (Å²) in [6.45, 7) is 32.3. The van der Waals surface area contributed by atoms with Gasteiger partial charge in [-0.2, -0.15) is 20.4 Å². The van der Waals surface area contributed by atoms with E-state index < -0.39 is 71.2 Å². The predicted molar refractivity (Wildman–Crippen MR) is 396 cm³/mol. The van der Waals surface area contributed by atoms with Crippen molar-refractivity contribution in [3.05, 3.63) is 216 Å². The second kappa shape index (κ2) is 35.0. The normalized spacial score (nSPS) is 11.4. The maximum absolute atomic E-state index is 13.8. The molecule has 0 radical (unpaired) electrons. The topological polar surface area (TPSA) is 277 Å². The number of aromatic carboxylic acids is 1. The number of esters is 3. The molecular weight excluding hydrogens is 1500 g/mol. The van der Waals surface area contributed by atoms with Crippen LogP contribution in [0.5, 0.6) is 0 Å². The van der Waals surface area contributed by atoms with Crippen molar-refractivity contribution >= 4 is 75.0 Å². The molecule has 0 amide bonds. The molecule has 0 atom stereocenters. The number of imidazole rings is 4. The average molecular weight is 1580 g/mol. The van der Waals surface area contributed by atoms with Crippen molar-refractivity contribution < 1.29 is 83.7 Å². The SMILES string of the molecule is CCOC(=O)c1cnn2c(-c3cc(F)cc(F)c3)c(C)nc2c1C(C)C.CCOC(=O)c1cnn2c(Br)c(C)nc2c1C(C)C.Cc1nc2c(C(C)C)c(C(=O)O)cnn2c1-c1cc(F)cc(F)c1.Cc1nc2c(C(C)C)c(CC(=O)OC(C)(C)C)cnn2c1-c1cc(F)cc(F)c1.OB(O)c1cc(F)cc(F)c1. The van der Waals surface area contributed by atoms with Crippen LogP contribution in [0.3, 0.4) is 0 Å². The summed E-state index contributed by atoms with van der Waals surface area (Å²) in [6, 6.07) is 12.2. The highest BCUT2D eigenvalue weighted by Crippen LogP contribution is 2.36. The van der Waals surface area contributed by atoms with Crippen molar-refractivity contribution in [3.63, 3.8) is 0 Å². The Kier molecular flexibility index (Phi) is 26.9. The van der Waals surface area contributed by atoms with Gasteiger partial charge in [0.05, 0.1) is 101 Å². The van der Waals surface area contributed by atoms with Gasteiger partial charge in [-0.1, -0.05) is 55.4 Å². The van der Waals surface area contributed by atoms with E-state index >= 15 is 0 Å². The number of aryl methyl sites for hydroxylation is 4. The number of hydrogen-bond donors (Lipinski definition) is 3. The molecule has 0 aliphatic carbocycles. The summed E-state index contributed by atoms with van der Waals surface area (Å²) >= 11 is 3.45. The van der Waals surface area contributed by atoms with Crippen molar-refractivity contribution in [2.24, 2.45) is 0 Å². The molecule has 574 valence electrons. The second-order valence-corrected chi connectivity index (χ2v) is 28.0. The van der Waals surface area contributed by atoms with E-state index in [9.17, 15) is 59.4 Å². The number of carbonyl (C=O) groups is 4. The number of aromatic nitrogens is 12. The number of carboxylic acid groups (broad SMARTS) is 1. The van der Waals surface area contributed by atoms with Gasteiger partial charge in [0.2, 0.25) is 0 Å². The van der Waals surface area contributed by atoms with E-state index in [4.69, 9.17) is 24.3 Å². The van der Waals surface area contributed by atoms with Gasteiger partial charge in [-0.25, -0.2) is 87.5 Å². The number of benzene rings is 4. The van der Waals surface area contributed by atoms with Gasteiger partial charge in [0.1, 0.15) is 56.7 Å². The Labute approximate surface area is 630 Å². The minimum Gasteiger partial charge on any atom is -0.478 e. The Morgan fingerprint density at radius 2 is 0.743 bits per heavy atom. The van der Waals surface area contributed by atoms with E-state index in [1.54, 1.807) is 56.0 Å². The fraction of sp³-hybridized carbons (Fsp3) is 0.325. The molecule has 0 saturated heterocycles. The predicted octanol–water partition coefficient (Wildman–Crippen LogP) is 15.8. The molecule has 109 heavy (non-hydrogen) atoms. The highest BCUT2D eigenvalue weighted by Gasteiger charge is 2.29. The molecule has 12 aromatic rings. The minimum atomic E-state index is -1.83. The number of carboxylic acids is 1. The first-order chi connectivity index (χ1) is 51.1. The third-order valence-electron chi connectivity index (χ3n) is 16.3. The van der Waals surface area contributed by atoms with Gasteiger partial charge in [0, 0.05) is 63.2 Å². The van der Waals surface area contributed by atoms with Crippen LogP contribution in [0.1, 0.15) is 195 Å². The summed E-state index contributed by atoms with van der Waals surface area (Å²) in [4.78, 5) is 66.1. The summed E-state index contributed by atoms with van der Waals surface area (Å²) in [5.41, 5.74) is 10.8. The molecular formula is C77H80BBrF8N12O10. The second-order valence-electron chi connectivity index (χ2n) is 27.2. The highest BCUT2D eigenvalue weighted by atomic mass is 79.9. The Morgan fingerprint density at radius 3 is 1.06 bits per heavy atom. The monoisotopic (exact) mass is 1570 g/mol. The molecule has 0 spiro atoms. The van der Waals surface area contributed by atoms with Crippen LogP contribution in [0.25, 0.3) is 56.4 Å². The van der Waals surface area contributed by atoms with Crippen LogP contribution in [0.4, 0.5) is 35.1 Å². The van der Waals surface area contributed by atoms with Gasteiger partial charge in [-0.05, 0) is 161 Å². The van der Waals surface area contributed by atoms with Crippen LogP contribution in [0, 0.1) is 74.2 Å². The van der Waals surface area contributed by atoms with Gasteiger partial charge in [0.15, 0.2) is 22.6 Å². The van der Waals surface area contributed by atoms with E-state index in [2.05, 4.69) is 56.3 Å². The van der Waals surface area contributed by atoms with Crippen molar-refractivity contribution in [2.75, 3.05) is 13.2 Å². The van der Waals surface area contributed by atoms with Gasteiger partial charge in [-0.3, -0.25) is 4.79 Å². The molecule has 0 saturated carbocycles. The number of fused-ring (bicyclic) bond motifs is 4. The lowest BCUT2D eigenvalue weighted by molar-refractivity contribution is -0.153. The summed E-state index contributed by atoms with van der Waals surface area (Å²) in [6.07, 6.45) is 5.88. The first kappa shape index (κ1) is 83.8. The van der Waals surface area contributed by atoms with Crippen molar-refractivity contribution in [2.45, 2.75) is 153 Å². The molecule has 12 rings (SSSR count). The number of nitrogens with zero attached hydrogens (tertiary/aromatic N) is 12. The zero-order valence-corrected chi connectivity index (χ0v) is 64.3. The lowest BCUT2D eigenvalue weighted by Gasteiger charge is -2.20. The maximum Gasteiger partial charge on any atom is 0.488 e. The fourth-order valence-electron chi connectivity index (χ4n) is 12.2. The quantitative estimate of drug-likeness (QED) is 0.0372. The molecule has 3 N–H and O–H groups in total. The van der Waals surface area contributed by atoms with Gasteiger partial charge < -0.3 is 29.4 Å². The largest absolute Gasteiger partial charge is 0.488 e. The van der Waals surface area contributed by atoms with E-state index in [0.29, 0.717) is 108 Å². The molecule has 22 nitrogen and oxygen atoms in total. The first-order valence-corrected chi connectivity index (χ1v) is 35.1. The Bertz CT molecular complexity index is 5340. The molecule has 0 aliphatic heterocycles. The van der Waals surface area contributed by atoms with Crippen molar-refractivity contribution in [1.82, 2.24) is 58.4 Å². The molecule has 0 unspecified atom stereocenters. The summed E-state index contributed by atoms with van der Waals surface area (Å²) < 4.78 is 129. The Morgan fingerprint density at radius 1 is 0.450 bits per heavy atom. The van der Waals surface area contributed by atoms with Gasteiger partial charge in [-0.15, -0.1) is 0 Å². The van der Waals surface area contributed by atoms with Crippen LogP contribution >= 0.6 is 15.9 Å². The lowest BCUT2D eigenvalue weighted by atomic mass is 9.80. The number of halogens is 9. The minimum absolute atomic E-state index is 0.0289. The molecule has 32 heteroatoms. The zero-order chi connectivity index (χ0) is 80.7. The van der Waals surface area contributed by atoms with Gasteiger partial charge >= 0.3 is 31.0 Å². The Balaban J connectivity index is 0.000000176. The zero-order valence-electron chi connectivity index (χ0n) is 62.7. The van der Waals surface area contributed by atoms with E-state index in [-0.39, 0.29) is 59.7 Å². The molecule has 0 fully saturated rings. The number of ether oxygens (including phenoxy) is 3. The molecule has 8 heterocycles. The summed E-state index contributed by atoms with van der Waals surface area (Å²) in [7, 11) is -1.83. The third-order valence-corrected chi connectivity index (χ3v) is 17.2. The standard InChI is InChI=1S/C22H25F2N3O2.C19H19F2N3O2.C17H15F2N3O2.C13H16BrN3O2.C6H5BF2O2/c1-12(2)19-15(9-18(28)29-22(4,5)6)11-25-27-20(13(3)26-21(19)27)14-7-16(23)10-17(24)8-14;1-5-26-19(25)15-9-22-24-17(12-6-13(20)8-14(21)7-12)11(4)23-18(24)16(15)10(2)3;1-8(2)14-13(17(23)24)7-20-22-15(9(3)21-16(14)22)10-4-11(18)6-12(19)5-10;1-5-19-13(18)9-6-15-17-11(14)8(4)16-12(17)10(9)7(2)3;8-5-1-4(7(10)11)2-6(9)3-5/h7-8,10-12H,9H2,1-6H3;6-10H,5H2,1-4H3;4-8H,1-3H3,(H,23,24);6-7H,5H2,1-4H3;1-3,10-11H. The van der Waals surface area contributed by atoms with E-state index in [1.165, 1.54) is 57.8 Å². The highest BCUT2D eigenvalue weighted by molar-refractivity contribution is 9.10.